The molecule has 2 unspecified atom stereocenters. The summed E-state index contributed by atoms with van der Waals surface area (Å²) in [7, 11) is 0. The molecule has 0 amide bonds. The minimum atomic E-state index is -0.350. The first-order chi connectivity index (χ1) is 5.31. The average Bonchev–Trinajstić information content (AvgIpc) is 2.78. The Bertz CT molecular complexity index is 138. The molecule has 11 heavy (non-hydrogen) atoms. The van der Waals surface area contributed by atoms with Crippen LogP contribution in [-0.4, -0.2) is 30.1 Å². The van der Waals surface area contributed by atoms with E-state index in [9.17, 15) is 4.79 Å². The van der Waals surface area contributed by atoms with Gasteiger partial charge in [0, 0.05) is 6.04 Å². The van der Waals surface area contributed by atoms with E-state index in [1.807, 2.05) is 0 Å². The number of hydrogen-bond acceptors (Lipinski definition) is 3. The van der Waals surface area contributed by atoms with Gasteiger partial charge in [-0.1, -0.05) is 13.3 Å². The largest absolute Gasteiger partial charge is 0.394 e. The van der Waals surface area contributed by atoms with E-state index < -0.39 is 0 Å². The van der Waals surface area contributed by atoms with Crippen molar-refractivity contribution in [2.75, 3.05) is 6.61 Å². The molecular formula is C8H15NO2. The van der Waals surface area contributed by atoms with Crippen molar-refractivity contribution >= 4 is 6.29 Å². The second-order valence-electron chi connectivity index (χ2n) is 3.10. The van der Waals surface area contributed by atoms with Crippen LogP contribution in [0, 0.1) is 5.92 Å². The monoisotopic (exact) mass is 157 g/mol. The Kier molecular flexibility index (Phi) is 3.02. The maximum atomic E-state index is 10.3. The Hall–Kier alpha value is -0.410. The van der Waals surface area contributed by atoms with E-state index in [0.29, 0.717) is 6.04 Å². The van der Waals surface area contributed by atoms with Crippen LogP contribution in [0.2, 0.25) is 0 Å². The van der Waals surface area contributed by atoms with E-state index in [-0.39, 0.29) is 12.6 Å². The summed E-state index contributed by atoms with van der Waals surface area (Å²) in [5.74, 6) is 0.726. The zero-order valence-corrected chi connectivity index (χ0v) is 6.79. The van der Waals surface area contributed by atoms with Crippen LogP contribution in [0.15, 0.2) is 0 Å². The van der Waals surface area contributed by atoms with E-state index in [1.54, 1.807) is 0 Å². The van der Waals surface area contributed by atoms with Gasteiger partial charge in [0.1, 0.15) is 6.29 Å². The fourth-order valence-corrected chi connectivity index (χ4v) is 1.31. The second kappa shape index (κ2) is 3.83. The molecule has 1 saturated carbocycles. The summed E-state index contributed by atoms with van der Waals surface area (Å²) in [6, 6.07) is 0.124. The molecule has 3 atom stereocenters. The highest BCUT2D eigenvalue weighted by Gasteiger charge is 2.36. The van der Waals surface area contributed by atoms with Crippen LogP contribution in [0.1, 0.15) is 19.8 Å². The van der Waals surface area contributed by atoms with Gasteiger partial charge in [-0.3, -0.25) is 0 Å². The molecule has 0 heterocycles. The first kappa shape index (κ1) is 8.68. The van der Waals surface area contributed by atoms with Crippen molar-refractivity contribution in [1.82, 2.24) is 5.32 Å². The van der Waals surface area contributed by atoms with Crippen molar-refractivity contribution in [3.8, 4) is 0 Å². The lowest BCUT2D eigenvalue weighted by Gasteiger charge is -2.07. The molecule has 1 rings (SSSR count). The number of aliphatic hydroxyl groups is 1. The molecule has 3 nitrogen and oxygen atoms in total. The summed E-state index contributed by atoms with van der Waals surface area (Å²) < 4.78 is 0. The average molecular weight is 157 g/mol. The number of nitrogens with one attached hydrogen (secondary N) is 1. The SMILES string of the molecule is CCC1CC1N[C@H](C=O)CO. The summed E-state index contributed by atoms with van der Waals surface area (Å²) in [6.07, 6.45) is 3.08. The highest BCUT2D eigenvalue weighted by molar-refractivity contribution is 5.57. The topological polar surface area (TPSA) is 49.3 Å². The summed E-state index contributed by atoms with van der Waals surface area (Å²) >= 11 is 0. The van der Waals surface area contributed by atoms with Gasteiger partial charge in [0.2, 0.25) is 0 Å². The smallest absolute Gasteiger partial charge is 0.139 e. The lowest BCUT2D eigenvalue weighted by Crippen LogP contribution is -2.36. The quantitative estimate of drug-likeness (QED) is 0.549. The van der Waals surface area contributed by atoms with Gasteiger partial charge in [0.25, 0.3) is 0 Å². The zero-order valence-electron chi connectivity index (χ0n) is 6.79. The lowest BCUT2D eigenvalue weighted by molar-refractivity contribution is -0.110. The van der Waals surface area contributed by atoms with Crippen molar-refractivity contribution in [2.45, 2.75) is 31.8 Å². The standard InChI is InChI=1S/C8H15NO2/c1-2-6-3-8(6)9-7(4-10)5-11/h4,6-9,11H,2-3,5H2,1H3/t6?,7-,8?/m1/s1. The first-order valence-electron chi connectivity index (χ1n) is 4.14. The van der Waals surface area contributed by atoms with Gasteiger partial charge in [0.05, 0.1) is 12.6 Å². The van der Waals surface area contributed by atoms with Gasteiger partial charge in [0.15, 0.2) is 0 Å². The molecule has 0 saturated heterocycles. The molecule has 1 aliphatic carbocycles. The maximum Gasteiger partial charge on any atom is 0.139 e. The lowest BCUT2D eigenvalue weighted by atomic mass is 10.3. The molecule has 0 spiro atoms. The van der Waals surface area contributed by atoms with E-state index in [1.165, 1.54) is 0 Å². The molecule has 1 fully saturated rings. The highest BCUT2D eigenvalue weighted by atomic mass is 16.3. The van der Waals surface area contributed by atoms with Crippen LogP contribution < -0.4 is 5.32 Å². The Balaban J connectivity index is 2.15. The van der Waals surface area contributed by atoms with Crippen LogP contribution >= 0.6 is 0 Å². The zero-order chi connectivity index (χ0) is 8.27. The second-order valence-corrected chi connectivity index (χ2v) is 3.10. The summed E-state index contributed by atoms with van der Waals surface area (Å²) in [5.41, 5.74) is 0. The Labute approximate surface area is 66.8 Å². The molecule has 1 aliphatic rings. The molecule has 0 aliphatic heterocycles. The first-order valence-corrected chi connectivity index (χ1v) is 4.14. The van der Waals surface area contributed by atoms with Crippen LogP contribution in [0.5, 0.6) is 0 Å². The van der Waals surface area contributed by atoms with Gasteiger partial charge in [-0.15, -0.1) is 0 Å². The minimum Gasteiger partial charge on any atom is -0.394 e. The highest BCUT2D eigenvalue weighted by Crippen LogP contribution is 2.33. The van der Waals surface area contributed by atoms with Crippen molar-refractivity contribution in [2.24, 2.45) is 5.92 Å². The van der Waals surface area contributed by atoms with Crippen molar-refractivity contribution < 1.29 is 9.90 Å². The summed E-state index contributed by atoms with van der Waals surface area (Å²) in [5, 5.41) is 11.7. The molecule has 0 aromatic carbocycles. The number of carbonyl (C=O) groups is 1. The fourth-order valence-electron chi connectivity index (χ4n) is 1.31. The number of aliphatic hydroxyl groups excluding tert-OH is 1. The van der Waals surface area contributed by atoms with Crippen LogP contribution in [0.25, 0.3) is 0 Å². The van der Waals surface area contributed by atoms with Crippen molar-refractivity contribution in [3.05, 3.63) is 0 Å². The van der Waals surface area contributed by atoms with Gasteiger partial charge >= 0.3 is 0 Å². The Morgan fingerprint density at radius 1 is 1.82 bits per heavy atom. The van der Waals surface area contributed by atoms with Crippen molar-refractivity contribution in [1.29, 1.82) is 0 Å². The molecule has 0 radical (unpaired) electrons. The van der Waals surface area contributed by atoms with Gasteiger partial charge in [-0.05, 0) is 12.3 Å². The van der Waals surface area contributed by atoms with Gasteiger partial charge < -0.3 is 15.2 Å². The van der Waals surface area contributed by atoms with Gasteiger partial charge in [-0.2, -0.15) is 0 Å². The molecule has 0 bridgehead atoms. The maximum absolute atomic E-state index is 10.3. The number of carbonyl (C=O) groups excluding carboxylic acids is 1. The molecular weight excluding hydrogens is 142 g/mol. The number of rotatable bonds is 5. The summed E-state index contributed by atoms with van der Waals surface area (Å²) in [4.78, 5) is 10.3. The van der Waals surface area contributed by atoms with Crippen LogP contribution in [0.4, 0.5) is 0 Å². The molecule has 2 N–H and O–H groups in total. The molecule has 0 aromatic heterocycles. The van der Waals surface area contributed by atoms with Crippen LogP contribution in [-0.2, 0) is 4.79 Å². The third-order valence-electron chi connectivity index (χ3n) is 2.24. The molecule has 3 heteroatoms. The van der Waals surface area contributed by atoms with Gasteiger partial charge in [-0.25, -0.2) is 0 Å². The van der Waals surface area contributed by atoms with Crippen molar-refractivity contribution in [3.63, 3.8) is 0 Å². The Morgan fingerprint density at radius 2 is 2.55 bits per heavy atom. The normalized spacial score (nSPS) is 31.5. The predicted molar refractivity (Wildman–Crippen MR) is 42.3 cm³/mol. The number of aldehydes is 1. The van der Waals surface area contributed by atoms with E-state index in [4.69, 9.17) is 5.11 Å². The third-order valence-corrected chi connectivity index (χ3v) is 2.24. The fraction of sp³-hybridized carbons (Fsp3) is 0.875. The minimum absolute atomic E-state index is 0.0869. The third kappa shape index (κ3) is 2.27. The number of hydrogen-bond donors (Lipinski definition) is 2. The van der Waals surface area contributed by atoms with Crippen LogP contribution in [0.3, 0.4) is 0 Å². The molecule has 64 valence electrons. The summed E-state index contributed by atoms with van der Waals surface area (Å²) in [6.45, 7) is 2.05. The van der Waals surface area contributed by atoms with E-state index >= 15 is 0 Å². The van der Waals surface area contributed by atoms with E-state index in [2.05, 4.69) is 12.2 Å². The van der Waals surface area contributed by atoms with E-state index in [0.717, 1.165) is 25.0 Å². The predicted octanol–water partition coefficient (Wildman–Crippen LogP) is -0.0657. The molecule has 0 aromatic rings. The Morgan fingerprint density at radius 3 is 2.91 bits per heavy atom.